The van der Waals surface area contributed by atoms with Gasteiger partial charge in [0.05, 0.1) is 4.47 Å². The fraction of sp³-hybridized carbons (Fsp3) is 0.308. The molecule has 0 amide bonds. The maximum absolute atomic E-state index is 13.3. The lowest BCUT2D eigenvalue weighted by Crippen LogP contribution is -2.24. The van der Waals surface area contributed by atoms with Crippen molar-refractivity contribution in [3.8, 4) is 11.3 Å². The van der Waals surface area contributed by atoms with Gasteiger partial charge >= 0.3 is 0 Å². The first-order valence-electron chi connectivity index (χ1n) is 5.81. The first-order chi connectivity index (χ1) is 8.71. The van der Waals surface area contributed by atoms with Crippen LogP contribution in [0.2, 0.25) is 0 Å². The number of hydrogen-bond donors (Lipinski definition) is 2. The van der Waals surface area contributed by atoms with Gasteiger partial charge in [-0.05, 0) is 34.1 Å². The van der Waals surface area contributed by atoms with Crippen LogP contribution in [0.5, 0.6) is 0 Å². The number of benzene rings is 1. The lowest BCUT2D eigenvalue weighted by atomic mass is 9.96. The summed E-state index contributed by atoms with van der Waals surface area (Å²) in [6, 6.07) is 4.64. The Hall–Kier alpha value is -1.56. The molecule has 4 nitrogen and oxygen atoms in total. The third-order valence-corrected chi connectivity index (χ3v) is 3.42. The second kappa shape index (κ2) is 4.52. The van der Waals surface area contributed by atoms with Crippen LogP contribution in [0.4, 0.5) is 10.2 Å². The molecule has 1 heterocycles. The van der Waals surface area contributed by atoms with Crippen molar-refractivity contribution in [2.75, 3.05) is 11.6 Å². The predicted octanol–water partition coefficient (Wildman–Crippen LogP) is 3.05. The molecule has 0 aliphatic carbocycles. The normalized spacial score (nSPS) is 11.8. The molecule has 2 rings (SSSR count). The van der Waals surface area contributed by atoms with Gasteiger partial charge < -0.3 is 11.6 Å². The van der Waals surface area contributed by atoms with Gasteiger partial charge in [0.25, 0.3) is 0 Å². The average Bonchev–Trinajstić information content (AvgIpc) is 2.60. The molecule has 0 saturated heterocycles. The molecular weight excluding hydrogens is 311 g/mol. The Bertz CT molecular complexity index is 628. The van der Waals surface area contributed by atoms with Gasteiger partial charge in [-0.2, -0.15) is 0 Å². The van der Waals surface area contributed by atoms with E-state index >= 15 is 0 Å². The van der Waals surface area contributed by atoms with Crippen LogP contribution < -0.4 is 11.6 Å². The van der Waals surface area contributed by atoms with Gasteiger partial charge in [0.2, 0.25) is 0 Å². The number of imidazole rings is 1. The number of anilines is 1. The molecule has 6 heteroatoms. The molecule has 0 aliphatic rings. The van der Waals surface area contributed by atoms with Crippen molar-refractivity contribution in [1.29, 1.82) is 0 Å². The zero-order chi connectivity index (χ0) is 14.4. The summed E-state index contributed by atoms with van der Waals surface area (Å²) in [7, 11) is 0. The molecule has 0 aliphatic heterocycles. The van der Waals surface area contributed by atoms with E-state index in [4.69, 9.17) is 11.6 Å². The topological polar surface area (TPSA) is 69.9 Å². The predicted molar refractivity (Wildman–Crippen MR) is 78.6 cm³/mol. The lowest BCUT2D eigenvalue weighted by molar-refractivity contribution is 0.532. The van der Waals surface area contributed by atoms with E-state index in [1.165, 1.54) is 10.7 Å². The van der Waals surface area contributed by atoms with Gasteiger partial charge in [0.15, 0.2) is 5.82 Å². The smallest absolute Gasteiger partial charge is 0.150 e. The first-order valence-corrected chi connectivity index (χ1v) is 6.60. The minimum Gasteiger partial charge on any atom is -0.382 e. The van der Waals surface area contributed by atoms with Gasteiger partial charge in [-0.25, -0.2) is 14.1 Å². The maximum Gasteiger partial charge on any atom is 0.150 e. The second-order valence-corrected chi connectivity index (χ2v) is 6.27. The Morgan fingerprint density at radius 1 is 1.32 bits per heavy atom. The summed E-state index contributed by atoms with van der Waals surface area (Å²) in [5.41, 5.74) is 7.05. The third-order valence-electron chi connectivity index (χ3n) is 2.81. The Kier molecular flexibility index (Phi) is 3.30. The van der Waals surface area contributed by atoms with E-state index in [1.807, 2.05) is 20.8 Å². The lowest BCUT2D eigenvalue weighted by Gasteiger charge is -2.17. The van der Waals surface area contributed by atoms with E-state index in [0.717, 1.165) is 5.56 Å². The highest BCUT2D eigenvalue weighted by atomic mass is 79.9. The Morgan fingerprint density at radius 3 is 2.42 bits per heavy atom. The molecular formula is C13H16BrFN4. The third kappa shape index (κ3) is 2.45. The van der Waals surface area contributed by atoms with Gasteiger partial charge in [-0.3, -0.25) is 0 Å². The van der Waals surface area contributed by atoms with Gasteiger partial charge in [-0.1, -0.05) is 20.8 Å². The quantitative estimate of drug-likeness (QED) is 0.791. The van der Waals surface area contributed by atoms with Crippen LogP contribution in [0.15, 0.2) is 22.7 Å². The van der Waals surface area contributed by atoms with Gasteiger partial charge in [0, 0.05) is 11.0 Å². The fourth-order valence-electron chi connectivity index (χ4n) is 1.83. The zero-order valence-electron chi connectivity index (χ0n) is 11.0. The summed E-state index contributed by atoms with van der Waals surface area (Å²) < 4.78 is 15.0. The van der Waals surface area contributed by atoms with Crippen LogP contribution in [0, 0.1) is 5.82 Å². The molecule has 1 aromatic carbocycles. The van der Waals surface area contributed by atoms with Crippen molar-refractivity contribution in [3.63, 3.8) is 0 Å². The summed E-state index contributed by atoms with van der Waals surface area (Å²) in [6.07, 6.45) is 0. The molecule has 102 valence electrons. The molecule has 0 unspecified atom stereocenters. The van der Waals surface area contributed by atoms with Crippen LogP contribution in [-0.4, -0.2) is 9.66 Å². The van der Waals surface area contributed by atoms with Gasteiger partial charge in [0.1, 0.15) is 17.3 Å². The number of nitrogens with zero attached hydrogens (tertiary/aromatic N) is 2. The highest BCUT2D eigenvalue weighted by Gasteiger charge is 2.24. The average molecular weight is 327 g/mol. The van der Waals surface area contributed by atoms with E-state index in [9.17, 15) is 4.39 Å². The molecule has 19 heavy (non-hydrogen) atoms. The molecule has 0 fully saturated rings. The fourth-order valence-corrected chi connectivity index (χ4v) is 2.21. The SMILES string of the molecule is CC(C)(C)c1nc(-c2ccc(F)c(Br)c2)c(N)n1N. The molecule has 2 aromatic rings. The van der Waals surface area contributed by atoms with Crippen molar-refractivity contribution in [3.05, 3.63) is 34.3 Å². The Labute approximate surface area is 119 Å². The summed E-state index contributed by atoms with van der Waals surface area (Å²) in [5, 5.41) is 0. The van der Waals surface area contributed by atoms with Crippen molar-refractivity contribution in [2.24, 2.45) is 0 Å². The van der Waals surface area contributed by atoms with E-state index < -0.39 is 0 Å². The second-order valence-electron chi connectivity index (χ2n) is 5.42. The van der Waals surface area contributed by atoms with Crippen molar-refractivity contribution in [2.45, 2.75) is 26.2 Å². The molecule has 0 saturated carbocycles. The maximum atomic E-state index is 13.3. The highest BCUT2D eigenvalue weighted by Crippen LogP contribution is 2.32. The van der Waals surface area contributed by atoms with Crippen LogP contribution >= 0.6 is 15.9 Å². The van der Waals surface area contributed by atoms with E-state index in [1.54, 1.807) is 12.1 Å². The Morgan fingerprint density at radius 2 is 1.95 bits per heavy atom. The molecule has 1 aromatic heterocycles. The number of halogens is 2. The zero-order valence-corrected chi connectivity index (χ0v) is 12.6. The number of aromatic nitrogens is 2. The minimum absolute atomic E-state index is 0.224. The molecule has 0 atom stereocenters. The molecule has 4 N–H and O–H groups in total. The van der Waals surface area contributed by atoms with Crippen molar-refractivity contribution in [1.82, 2.24) is 9.66 Å². The van der Waals surface area contributed by atoms with Gasteiger partial charge in [-0.15, -0.1) is 0 Å². The highest BCUT2D eigenvalue weighted by molar-refractivity contribution is 9.10. The van der Waals surface area contributed by atoms with E-state index in [0.29, 0.717) is 21.8 Å². The Balaban J connectivity index is 2.60. The molecule has 0 radical (unpaired) electrons. The van der Waals surface area contributed by atoms with E-state index in [-0.39, 0.29) is 11.2 Å². The molecule has 0 spiro atoms. The van der Waals surface area contributed by atoms with Crippen LogP contribution in [-0.2, 0) is 5.41 Å². The van der Waals surface area contributed by atoms with Crippen LogP contribution in [0.25, 0.3) is 11.3 Å². The largest absolute Gasteiger partial charge is 0.382 e. The summed E-state index contributed by atoms with van der Waals surface area (Å²) >= 11 is 3.15. The number of nitrogens with two attached hydrogens (primary N) is 2. The standard InChI is InChI=1S/C13H16BrFN4/c1-13(2,3)12-18-10(11(16)19(12)17)7-4-5-9(15)8(14)6-7/h4-6H,16-17H2,1-3H3. The monoisotopic (exact) mass is 326 g/mol. The summed E-state index contributed by atoms with van der Waals surface area (Å²) in [5.74, 6) is 6.66. The van der Waals surface area contributed by atoms with Crippen LogP contribution in [0.3, 0.4) is 0 Å². The number of hydrogen-bond acceptors (Lipinski definition) is 3. The first kappa shape index (κ1) is 13.9. The summed E-state index contributed by atoms with van der Waals surface area (Å²) in [6.45, 7) is 6.01. The molecule has 0 bridgehead atoms. The minimum atomic E-state index is -0.328. The number of rotatable bonds is 1. The summed E-state index contributed by atoms with van der Waals surface area (Å²) in [4.78, 5) is 4.49. The van der Waals surface area contributed by atoms with Crippen LogP contribution in [0.1, 0.15) is 26.6 Å². The van der Waals surface area contributed by atoms with Crippen molar-refractivity contribution < 1.29 is 4.39 Å². The van der Waals surface area contributed by atoms with Crippen molar-refractivity contribution >= 4 is 21.7 Å². The number of nitrogen functional groups attached to an aromatic ring is 2. The van der Waals surface area contributed by atoms with E-state index in [2.05, 4.69) is 20.9 Å².